The molecule has 0 radical (unpaired) electrons. The van der Waals surface area contributed by atoms with Crippen LogP contribution in [0.5, 0.6) is 0 Å². The van der Waals surface area contributed by atoms with Crippen LogP contribution in [0.2, 0.25) is 0 Å². The van der Waals surface area contributed by atoms with E-state index >= 15 is 0 Å². The van der Waals surface area contributed by atoms with Crippen LogP contribution in [-0.2, 0) is 6.42 Å². The van der Waals surface area contributed by atoms with E-state index in [-0.39, 0.29) is 11.5 Å². The van der Waals surface area contributed by atoms with Crippen LogP contribution in [0, 0.1) is 12.7 Å². The molecule has 5 nitrogen and oxygen atoms in total. The lowest BCUT2D eigenvalue weighted by Gasteiger charge is -2.10. The molecular weight excluding hydrogens is 401 g/mol. The molecule has 0 unspecified atom stereocenters. The molecule has 2 N–H and O–H groups in total. The highest BCUT2D eigenvalue weighted by atomic mass is 32.1. The summed E-state index contributed by atoms with van der Waals surface area (Å²) in [6.45, 7) is 2.78. The molecule has 2 aromatic carbocycles. The second-order valence-electron chi connectivity index (χ2n) is 7.29. The van der Waals surface area contributed by atoms with Gasteiger partial charge >= 0.3 is 0 Å². The molecule has 30 heavy (non-hydrogen) atoms. The van der Waals surface area contributed by atoms with Crippen molar-refractivity contribution in [3.05, 3.63) is 82.0 Å². The summed E-state index contributed by atoms with van der Waals surface area (Å²) < 4.78 is 13.3. The quantitative estimate of drug-likeness (QED) is 0.571. The second-order valence-corrected chi connectivity index (χ2v) is 8.34. The van der Waals surface area contributed by atoms with Gasteiger partial charge in [-0.15, -0.1) is 11.3 Å². The standard InChI is InChI=1S/C23H24FN3O2S/c1-15-13-20(26-22(28)17-5-4-6-18(24)14-17)30-21(15)23(29)25-19-9-7-16(8-10-19)11-12-27(2)3/h4-10,13-14H,11-12H2,1-3H3,(H,25,29)(H,26,28). The zero-order valence-electron chi connectivity index (χ0n) is 17.2. The maximum absolute atomic E-state index is 13.3. The highest BCUT2D eigenvalue weighted by molar-refractivity contribution is 7.18. The monoisotopic (exact) mass is 425 g/mol. The van der Waals surface area contributed by atoms with Crippen LogP contribution in [0.25, 0.3) is 0 Å². The van der Waals surface area contributed by atoms with Crippen molar-refractivity contribution in [1.29, 1.82) is 0 Å². The molecule has 0 saturated carbocycles. The van der Waals surface area contributed by atoms with E-state index < -0.39 is 11.7 Å². The van der Waals surface area contributed by atoms with Crippen molar-refractivity contribution >= 4 is 33.8 Å². The average Bonchev–Trinajstić information content (AvgIpc) is 3.07. The third-order valence-electron chi connectivity index (χ3n) is 4.51. The number of rotatable bonds is 7. The Morgan fingerprint density at radius 3 is 2.40 bits per heavy atom. The fourth-order valence-corrected chi connectivity index (χ4v) is 3.84. The van der Waals surface area contributed by atoms with E-state index in [2.05, 4.69) is 15.5 Å². The lowest BCUT2D eigenvalue weighted by molar-refractivity contribution is 0.101. The molecule has 0 fully saturated rings. The predicted molar refractivity (Wildman–Crippen MR) is 120 cm³/mol. The first-order valence-corrected chi connectivity index (χ1v) is 10.4. The Morgan fingerprint density at radius 2 is 1.73 bits per heavy atom. The highest BCUT2D eigenvalue weighted by Crippen LogP contribution is 2.28. The summed E-state index contributed by atoms with van der Waals surface area (Å²) in [5.74, 6) is -1.13. The molecule has 0 aliphatic rings. The van der Waals surface area contributed by atoms with Gasteiger partial charge in [-0.25, -0.2) is 4.39 Å². The van der Waals surface area contributed by atoms with Crippen LogP contribution in [-0.4, -0.2) is 37.4 Å². The number of hydrogen-bond donors (Lipinski definition) is 2. The van der Waals surface area contributed by atoms with E-state index in [1.807, 2.05) is 45.3 Å². The summed E-state index contributed by atoms with van der Waals surface area (Å²) in [5.41, 5.74) is 2.90. The van der Waals surface area contributed by atoms with Gasteiger partial charge in [0.2, 0.25) is 0 Å². The molecule has 3 aromatic rings. The number of likely N-dealkylation sites (N-methyl/N-ethyl adjacent to an activating group) is 1. The first-order valence-electron chi connectivity index (χ1n) is 9.54. The van der Waals surface area contributed by atoms with E-state index in [1.165, 1.54) is 41.2 Å². The van der Waals surface area contributed by atoms with Gasteiger partial charge in [-0.2, -0.15) is 0 Å². The Balaban J connectivity index is 1.64. The van der Waals surface area contributed by atoms with Gasteiger partial charge in [-0.05, 0) is 75.0 Å². The first kappa shape index (κ1) is 21.7. The average molecular weight is 426 g/mol. The van der Waals surface area contributed by atoms with Crippen molar-refractivity contribution in [2.24, 2.45) is 0 Å². The highest BCUT2D eigenvalue weighted by Gasteiger charge is 2.16. The number of anilines is 2. The van der Waals surface area contributed by atoms with Gasteiger partial charge in [0, 0.05) is 17.8 Å². The summed E-state index contributed by atoms with van der Waals surface area (Å²) >= 11 is 1.19. The number of amides is 2. The molecule has 2 amide bonds. The van der Waals surface area contributed by atoms with Crippen molar-refractivity contribution in [2.45, 2.75) is 13.3 Å². The van der Waals surface area contributed by atoms with Gasteiger partial charge in [-0.1, -0.05) is 18.2 Å². The van der Waals surface area contributed by atoms with Crippen LogP contribution in [0.1, 0.15) is 31.2 Å². The van der Waals surface area contributed by atoms with E-state index in [0.29, 0.717) is 15.6 Å². The van der Waals surface area contributed by atoms with E-state index in [9.17, 15) is 14.0 Å². The Kier molecular flexibility index (Phi) is 6.97. The normalized spacial score (nSPS) is 10.8. The van der Waals surface area contributed by atoms with Gasteiger partial charge in [0.1, 0.15) is 5.82 Å². The van der Waals surface area contributed by atoms with Crippen LogP contribution in [0.4, 0.5) is 15.1 Å². The van der Waals surface area contributed by atoms with E-state index in [4.69, 9.17) is 0 Å². The lowest BCUT2D eigenvalue weighted by Crippen LogP contribution is -2.15. The number of hydrogen-bond acceptors (Lipinski definition) is 4. The third kappa shape index (κ3) is 5.75. The van der Waals surface area contributed by atoms with Gasteiger partial charge in [0.25, 0.3) is 11.8 Å². The van der Waals surface area contributed by atoms with Gasteiger partial charge in [-0.3, -0.25) is 9.59 Å². The van der Waals surface area contributed by atoms with Crippen molar-refractivity contribution in [3.8, 4) is 0 Å². The Bertz CT molecular complexity index is 1040. The fourth-order valence-electron chi connectivity index (χ4n) is 2.88. The zero-order chi connectivity index (χ0) is 21.7. The fraction of sp³-hybridized carbons (Fsp3) is 0.217. The summed E-state index contributed by atoms with van der Waals surface area (Å²) in [5, 5.41) is 6.15. The number of nitrogens with one attached hydrogen (secondary N) is 2. The number of nitrogens with zero attached hydrogens (tertiary/aromatic N) is 1. The predicted octanol–water partition coefficient (Wildman–Crippen LogP) is 4.80. The molecule has 0 saturated heterocycles. The molecule has 1 aromatic heterocycles. The summed E-state index contributed by atoms with van der Waals surface area (Å²) in [6.07, 6.45) is 0.944. The van der Waals surface area contributed by atoms with Crippen molar-refractivity contribution in [1.82, 2.24) is 4.90 Å². The number of halogens is 1. The summed E-state index contributed by atoms with van der Waals surface area (Å²) in [7, 11) is 4.07. The third-order valence-corrected chi connectivity index (χ3v) is 5.66. The SMILES string of the molecule is Cc1cc(NC(=O)c2cccc(F)c2)sc1C(=O)Nc1ccc(CCN(C)C)cc1. The molecule has 0 atom stereocenters. The zero-order valence-corrected chi connectivity index (χ0v) is 18.0. The van der Waals surface area contributed by atoms with Gasteiger partial charge in [0.05, 0.1) is 9.88 Å². The Morgan fingerprint density at radius 1 is 1.00 bits per heavy atom. The largest absolute Gasteiger partial charge is 0.321 e. The van der Waals surface area contributed by atoms with Gasteiger partial charge in [0.15, 0.2) is 0 Å². The topological polar surface area (TPSA) is 61.4 Å². The number of benzene rings is 2. The molecule has 1 heterocycles. The Labute approximate surface area is 179 Å². The van der Waals surface area contributed by atoms with E-state index in [1.54, 1.807) is 6.07 Å². The minimum atomic E-state index is -0.474. The van der Waals surface area contributed by atoms with Crippen LogP contribution < -0.4 is 10.6 Å². The molecule has 0 aliphatic heterocycles. The first-order chi connectivity index (χ1) is 14.3. The Hall–Kier alpha value is -3.03. The number of carbonyl (C=O) groups is 2. The molecule has 0 spiro atoms. The van der Waals surface area contributed by atoms with Crippen LogP contribution in [0.15, 0.2) is 54.6 Å². The molecular formula is C23H24FN3O2S. The maximum Gasteiger partial charge on any atom is 0.266 e. The smallest absolute Gasteiger partial charge is 0.266 e. The maximum atomic E-state index is 13.3. The molecule has 7 heteroatoms. The number of aryl methyl sites for hydroxylation is 1. The molecule has 0 aliphatic carbocycles. The minimum absolute atomic E-state index is 0.224. The summed E-state index contributed by atoms with van der Waals surface area (Å²) in [6, 6.07) is 15.0. The van der Waals surface area contributed by atoms with Crippen molar-refractivity contribution in [2.75, 3.05) is 31.3 Å². The molecule has 3 rings (SSSR count). The van der Waals surface area contributed by atoms with E-state index in [0.717, 1.165) is 18.5 Å². The second kappa shape index (κ2) is 9.65. The molecule has 156 valence electrons. The lowest BCUT2D eigenvalue weighted by atomic mass is 10.1. The summed E-state index contributed by atoms with van der Waals surface area (Å²) in [4.78, 5) is 27.6. The van der Waals surface area contributed by atoms with Crippen molar-refractivity contribution < 1.29 is 14.0 Å². The van der Waals surface area contributed by atoms with Crippen LogP contribution in [0.3, 0.4) is 0 Å². The minimum Gasteiger partial charge on any atom is -0.321 e. The van der Waals surface area contributed by atoms with Crippen LogP contribution >= 0.6 is 11.3 Å². The number of thiophene rings is 1. The number of carbonyl (C=O) groups excluding carboxylic acids is 2. The van der Waals surface area contributed by atoms with Gasteiger partial charge < -0.3 is 15.5 Å². The molecule has 0 bridgehead atoms. The van der Waals surface area contributed by atoms with Crippen molar-refractivity contribution in [3.63, 3.8) is 0 Å².